The summed E-state index contributed by atoms with van der Waals surface area (Å²) in [5, 5.41) is 0. The standard InChI is InChI=1S/C16H32N2/c1-15(2,3)11-8-14(17)16(9-4-5-10-16)18-12-6-7-13-18/h14H,4-13,17H2,1-3H3. The van der Waals surface area contributed by atoms with Gasteiger partial charge in [0.05, 0.1) is 0 Å². The fourth-order valence-electron chi connectivity index (χ4n) is 3.93. The van der Waals surface area contributed by atoms with Crippen molar-refractivity contribution < 1.29 is 0 Å². The smallest absolute Gasteiger partial charge is 0.0360 e. The molecule has 1 atom stereocenters. The molecule has 1 aliphatic carbocycles. The van der Waals surface area contributed by atoms with E-state index in [1.165, 1.54) is 64.5 Å². The van der Waals surface area contributed by atoms with E-state index in [0.717, 1.165) is 0 Å². The van der Waals surface area contributed by atoms with Crippen LogP contribution in [0.5, 0.6) is 0 Å². The van der Waals surface area contributed by atoms with Crippen LogP contribution in [0.15, 0.2) is 0 Å². The Labute approximate surface area is 113 Å². The zero-order valence-electron chi connectivity index (χ0n) is 12.7. The van der Waals surface area contributed by atoms with Gasteiger partial charge in [0.15, 0.2) is 0 Å². The lowest BCUT2D eigenvalue weighted by Gasteiger charge is -2.44. The van der Waals surface area contributed by atoms with E-state index < -0.39 is 0 Å². The Balaban J connectivity index is 2.00. The number of hydrogen-bond donors (Lipinski definition) is 1. The van der Waals surface area contributed by atoms with Gasteiger partial charge in [-0.25, -0.2) is 0 Å². The van der Waals surface area contributed by atoms with Crippen molar-refractivity contribution in [2.45, 2.75) is 83.7 Å². The largest absolute Gasteiger partial charge is 0.326 e. The molecule has 1 aliphatic heterocycles. The SMILES string of the molecule is CC(C)(C)CCC(N)C1(N2CCCC2)CCCC1. The topological polar surface area (TPSA) is 29.3 Å². The second kappa shape index (κ2) is 5.50. The minimum atomic E-state index is 0.363. The Bertz CT molecular complexity index is 255. The second-order valence-electron chi connectivity index (χ2n) is 7.71. The zero-order chi connectivity index (χ0) is 13.2. The lowest BCUT2D eigenvalue weighted by Crippen LogP contribution is -2.57. The van der Waals surface area contributed by atoms with Gasteiger partial charge < -0.3 is 5.73 Å². The molecule has 1 heterocycles. The highest BCUT2D eigenvalue weighted by Crippen LogP contribution is 2.41. The fraction of sp³-hybridized carbons (Fsp3) is 1.00. The minimum Gasteiger partial charge on any atom is -0.326 e. The maximum atomic E-state index is 6.66. The third-order valence-corrected chi connectivity index (χ3v) is 5.10. The Hall–Kier alpha value is -0.0800. The molecule has 0 spiro atoms. The number of nitrogens with two attached hydrogens (primary N) is 1. The van der Waals surface area contributed by atoms with Gasteiger partial charge in [0, 0.05) is 11.6 Å². The zero-order valence-corrected chi connectivity index (χ0v) is 12.7. The van der Waals surface area contributed by atoms with Crippen LogP contribution in [0.3, 0.4) is 0 Å². The Morgan fingerprint density at radius 3 is 2.11 bits per heavy atom. The van der Waals surface area contributed by atoms with E-state index in [1.54, 1.807) is 0 Å². The van der Waals surface area contributed by atoms with Crippen molar-refractivity contribution in [3.05, 3.63) is 0 Å². The molecule has 1 saturated heterocycles. The summed E-state index contributed by atoms with van der Waals surface area (Å²) >= 11 is 0. The van der Waals surface area contributed by atoms with Crippen LogP contribution in [0, 0.1) is 5.41 Å². The molecular weight excluding hydrogens is 220 g/mol. The highest BCUT2D eigenvalue weighted by molar-refractivity contribution is 5.03. The van der Waals surface area contributed by atoms with E-state index in [-0.39, 0.29) is 0 Å². The van der Waals surface area contributed by atoms with E-state index in [2.05, 4.69) is 25.7 Å². The lowest BCUT2D eigenvalue weighted by molar-refractivity contribution is 0.0839. The molecule has 106 valence electrons. The Morgan fingerprint density at radius 2 is 1.61 bits per heavy atom. The summed E-state index contributed by atoms with van der Waals surface area (Å²) in [7, 11) is 0. The summed E-state index contributed by atoms with van der Waals surface area (Å²) in [4.78, 5) is 2.74. The van der Waals surface area contributed by atoms with Gasteiger partial charge in [-0.05, 0) is 57.0 Å². The highest BCUT2D eigenvalue weighted by atomic mass is 15.2. The average Bonchev–Trinajstić information content (AvgIpc) is 2.95. The first kappa shape index (κ1) is 14.3. The highest BCUT2D eigenvalue weighted by Gasteiger charge is 2.44. The molecule has 1 unspecified atom stereocenters. The first-order valence-corrected chi connectivity index (χ1v) is 7.95. The van der Waals surface area contributed by atoms with E-state index in [9.17, 15) is 0 Å². The first-order chi connectivity index (χ1) is 8.44. The summed E-state index contributed by atoms with van der Waals surface area (Å²) in [6, 6.07) is 0.386. The average molecular weight is 252 g/mol. The van der Waals surface area contributed by atoms with Crippen LogP contribution in [-0.4, -0.2) is 29.6 Å². The van der Waals surface area contributed by atoms with Crippen molar-refractivity contribution in [3.63, 3.8) is 0 Å². The van der Waals surface area contributed by atoms with Gasteiger partial charge in [-0.2, -0.15) is 0 Å². The van der Waals surface area contributed by atoms with Crippen LogP contribution in [0.4, 0.5) is 0 Å². The van der Waals surface area contributed by atoms with Crippen LogP contribution < -0.4 is 5.73 Å². The molecular formula is C16H32N2. The fourth-order valence-corrected chi connectivity index (χ4v) is 3.93. The van der Waals surface area contributed by atoms with Crippen LogP contribution >= 0.6 is 0 Å². The van der Waals surface area contributed by atoms with Gasteiger partial charge in [-0.15, -0.1) is 0 Å². The number of rotatable bonds is 4. The lowest BCUT2D eigenvalue weighted by atomic mass is 9.80. The van der Waals surface area contributed by atoms with Gasteiger partial charge in [0.25, 0.3) is 0 Å². The van der Waals surface area contributed by atoms with Gasteiger partial charge in [-0.3, -0.25) is 4.90 Å². The van der Waals surface area contributed by atoms with Gasteiger partial charge in [0.1, 0.15) is 0 Å². The second-order valence-corrected chi connectivity index (χ2v) is 7.71. The molecule has 18 heavy (non-hydrogen) atoms. The summed E-state index contributed by atoms with van der Waals surface area (Å²) in [6.45, 7) is 9.58. The number of likely N-dealkylation sites (tertiary alicyclic amines) is 1. The predicted molar refractivity (Wildman–Crippen MR) is 78.7 cm³/mol. The molecule has 1 saturated carbocycles. The number of hydrogen-bond acceptors (Lipinski definition) is 2. The normalized spacial score (nSPS) is 26.7. The predicted octanol–water partition coefficient (Wildman–Crippen LogP) is 3.55. The Morgan fingerprint density at radius 1 is 1.06 bits per heavy atom. The molecule has 0 radical (unpaired) electrons. The number of nitrogens with zero attached hydrogens (tertiary/aromatic N) is 1. The van der Waals surface area contributed by atoms with Crippen molar-refractivity contribution >= 4 is 0 Å². The van der Waals surface area contributed by atoms with Crippen molar-refractivity contribution in [3.8, 4) is 0 Å². The first-order valence-electron chi connectivity index (χ1n) is 7.95. The molecule has 0 aromatic carbocycles. The van der Waals surface area contributed by atoms with Gasteiger partial charge in [0.2, 0.25) is 0 Å². The maximum absolute atomic E-state index is 6.66. The van der Waals surface area contributed by atoms with Crippen LogP contribution in [-0.2, 0) is 0 Å². The summed E-state index contributed by atoms with van der Waals surface area (Å²) < 4.78 is 0. The monoisotopic (exact) mass is 252 g/mol. The molecule has 0 amide bonds. The summed E-state index contributed by atoms with van der Waals surface area (Å²) in [5.41, 5.74) is 7.44. The molecule has 0 aromatic rings. The van der Waals surface area contributed by atoms with Crippen molar-refractivity contribution in [2.75, 3.05) is 13.1 Å². The third-order valence-electron chi connectivity index (χ3n) is 5.10. The quantitative estimate of drug-likeness (QED) is 0.829. The van der Waals surface area contributed by atoms with E-state index in [1.807, 2.05) is 0 Å². The van der Waals surface area contributed by atoms with E-state index >= 15 is 0 Å². The minimum absolute atomic E-state index is 0.363. The van der Waals surface area contributed by atoms with E-state index in [4.69, 9.17) is 5.73 Å². The van der Waals surface area contributed by atoms with Crippen molar-refractivity contribution in [1.29, 1.82) is 0 Å². The molecule has 2 rings (SSSR count). The summed E-state index contributed by atoms with van der Waals surface area (Å²) in [6.07, 6.45) is 10.7. The molecule has 2 fully saturated rings. The van der Waals surface area contributed by atoms with Gasteiger partial charge in [-0.1, -0.05) is 33.6 Å². The molecule has 2 aliphatic rings. The molecule has 0 bridgehead atoms. The van der Waals surface area contributed by atoms with Crippen LogP contribution in [0.25, 0.3) is 0 Å². The third kappa shape index (κ3) is 3.08. The maximum Gasteiger partial charge on any atom is 0.0360 e. The molecule has 2 nitrogen and oxygen atoms in total. The van der Waals surface area contributed by atoms with E-state index in [0.29, 0.717) is 17.0 Å². The molecule has 2 N–H and O–H groups in total. The van der Waals surface area contributed by atoms with Crippen molar-refractivity contribution in [2.24, 2.45) is 11.1 Å². The Kier molecular flexibility index (Phi) is 4.38. The van der Waals surface area contributed by atoms with Crippen LogP contribution in [0.2, 0.25) is 0 Å². The van der Waals surface area contributed by atoms with Gasteiger partial charge >= 0.3 is 0 Å². The van der Waals surface area contributed by atoms with Crippen LogP contribution in [0.1, 0.15) is 72.1 Å². The molecule has 2 heteroatoms. The summed E-state index contributed by atoms with van der Waals surface area (Å²) in [5.74, 6) is 0. The molecule has 0 aromatic heterocycles. The van der Waals surface area contributed by atoms with Crippen molar-refractivity contribution in [1.82, 2.24) is 4.90 Å².